The zero-order valence-electron chi connectivity index (χ0n) is 11.9. The third kappa shape index (κ3) is 2.78. The maximum Gasteiger partial charge on any atom is 0.328 e. The summed E-state index contributed by atoms with van der Waals surface area (Å²) in [7, 11) is 0. The molecule has 2 aliphatic rings. The van der Waals surface area contributed by atoms with Gasteiger partial charge in [0, 0.05) is 12.1 Å². The Morgan fingerprint density at radius 3 is 2.71 bits per heavy atom. The first kappa shape index (κ1) is 14.1. The molecule has 3 rings (SSSR count). The first-order valence-corrected chi connectivity index (χ1v) is 7.40. The predicted octanol–water partition coefficient (Wildman–Crippen LogP) is 1.49. The van der Waals surface area contributed by atoms with Crippen LogP contribution >= 0.6 is 0 Å². The Hall–Kier alpha value is -1.88. The molecular weight excluding hydrogens is 270 g/mol. The molecule has 0 spiro atoms. The van der Waals surface area contributed by atoms with Gasteiger partial charge in [-0.1, -0.05) is 6.07 Å². The van der Waals surface area contributed by atoms with Crippen LogP contribution in [0.15, 0.2) is 18.2 Å². The third-order valence-corrected chi connectivity index (χ3v) is 4.27. The molecule has 1 aromatic rings. The van der Waals surface area contributed by atoms with Crippen molar-refractivity contribution in [3.05, 3.63) is 34.9 Å². The van der Waals surface area contributed by atoms with Crippen molar-refractivity contribution in [2.45, 2.75) is 31.7 Å². The second kappa shape index (κ2) is 5.85. The fraction of sp³-hybridized carbons (Fsp3) is 0.500. The number of aliphatic carboxylic acids is 1. The van der Waals surface area contributed by atoms with E-state index in [0.717, 1.165) is 19.3 Å². The predicted molar refractivity (Wildman–Crippen MR) is 76.4 cm³/mol. The molecule has 1 aliphatic heterocycles. The van der Waals surface area contributed by atoms with Gasteiger partial charge in [0.1, 0.15) is 0 Å². The molecule has 1 amide bonds. The zero-order valence-corrected chi connectivity index (χ0v) is 11.9. The van der Waals surface area contributed by atoms with E-state index in [1.54, 1.807) is 0 Å². The number of carbonyl (C=O) groups is 2. The lowest BCUT2D eigenvalue weighted by molar-refractivity contribution is -0.147. The maximum atomic E-state index is 12.6. The van der Waals surface area contributed by atoms with E-state index >= 15 is 0 Å². The fourth-order valence-electron chi connectivity index (χ4n) is 3.08. The molecule has 0 aromatic heterocycles. The van der Waals surface area contributed by atoms with E-state index < -0.39 is 12.0 Å². The molecule has 0 saturated carbocycles. The fourth-order valence-corrected chi connectivity index (χ4v) is 3.08. The second-order valence-electron chi connectivity index (χ2n) is 5.62. The van der Waals surface area contributed by atoms with E-state index in [0.29, 0.717) is 18.7 Å². The molecule has 0 bridgehead atoms. The summed E-state index contributed by atoms with van der Waals surface area (Å²) in [5, 5.41) is 9.22. The number of carboxylic acid groups (broad SMARTS) is 1. The minimum Gasteiger partial charge on any atom is -0.480 e. The van der Waals surface area contributed by atoms with E-state index in [1.807, 2.05) is 18.2 Å². The highest BCUT2D eigenvalue weighted by molar-refractivity contribution is 5.97. The number of hydrogen-bond donors (Lipinski definition) is 1. The van der Waals surface area contributed by atoms with Crippen LogP contribution in [0.2, 0.25) is 0 Å². The number of ether oxygens (including phenoxy) is 1. The van der Waals surface area contributed by atoms with Gasteiger partial charge in [-0.25, -0.2) is 4.79 Å². The summed E-state index contributed by atoms with van der Waals surface area (Å²) in [6.07, 6.45) is 4.42. The molecule has 1 heterocycles. The largest absolute Gasteiger partial charge is 0.480 e. The van der Waals surface area contributed by atoms with Crippen molar-refractivity contribution in [3.8, 4) is 0 Å². The van der Waals surface area contributed by atoms with Crippen LogP contribution in [0.4, 0.5) is 0 Å². The summed E-state index contributed by atoms with van der Waals surface area (Å²) in [6.45, 7) is 0.777. The van der Waals surface area contributed by atoms with Gasteiger partial charge in [0.15, 0.2) is 6.04 Å². The number of hydrogen-bond acceptors (Lipinski definition) is 3. The van der Waals surface area contributed by atoms with Gasteiger partial charge in [0.25, 0.3) is 5.91 Å². The molecular formula is C16H19NO4. The quantitative estimate of drug-likeness (QED) is 0.895. The molecule has 1 fully saturated rings. The highest BCUT2D eigenvalue weighted by Crippen LogP contribution is 2.23. The Bertz CT molecular complexity index is 569. The first-order valence-electron chi connectivity index (χ1n) is 7.40. The van der Waals surface area contributed by atoms with Crippen LogP contribution in [0.1, 0.15) is 34.3 Å². The number of fused-ring (bicyclic) bond motifs is 1. The molecule has 1 saturated heterocycles. The molecule has 0 radical (unpaired) electrons. The Morgan fingerprint density at radius 1 is 1.19 bits per heavy atom. The molecule has 1 unspecified atom stereocenters. The van der Waals surface area contributed by atoms with Crippen LogP contribution in [0.25, 0.3) is 0 Å². The molecule has 112 valence electrons. The Kier molecular flexibility index (Phi) is 3.92. The van der Waals surface area contributed by atoms with Crippen molar-refractivity contribution in [1.29, 1.82) is 0 Å². The van der Waals surface area contributed by atoms with Gasteiger partial charge in [-0.15, -0.1) is 0 Å². The molecule has 5 nitrogen and oxygen atoms in total. The monoisotopic (exact) mass is 289 g/mol. The zero-order chi connectivity index (χ0) is 14.8. The number of aryl methyl sites for hydroxylation is 2. The number of rotatable bonds is 2. The van der Waals surface area contributed by atoms with E-state index in [1.165, 1.54) is 22.4 Å². The van der Waals surface area contributed by atoms with Gasteiger partial charge in [0.05, 0.1) is 13.2 Å². The van der Waals surface area contributed by atoms with E-state index in [9.17, 15) is 14.7 Å². The average Bonchev–Trinajstić information content (AvgIpc) is 2.53. The SMILES string of the molecule is O=C(O)C1COCCN1C(=O)c1ccc2c(c1)CCCC2. The van der Waals surface area contributed by atoms with Crippen molar-refractivity contribution in [2.75, 3.05) is 19.8 Å². The molecule has 1 aromatic carbocycles. The number of carboxylic acids is 1. The summed E-state index contributed by atoms with van der Waals surface area (Å²) in [4.78, 5) is 25.3. The van der Waals surface area contributed by atoms with Crippen LogP contribution in [0.3, 0.4) is 0 Å². The molecule has 1 aliphatic carbocycles. The lowest BCUT2D eigenvalue weighted by Crippen LogP contribution is -2.52. The smallest absolute Gasteiger partial charge is 0.328 e. The van der Waals surface area contributed by atoms with Crippen molar-refractivity contribution in [3.63, 3.8) is 0 Å². The van der Waals surface area contributed by atoms with E-state index in [-0.39, 0.29) is 12.5 Å². The number of nitrogens with zero attached hydrogens (tertiary/aromatic N) is 1. The van der Waals surface area contributed by atoms with Crippen molar-refractivity contribution in [1.82, 2.24) is 4.90 Å². The summed E-state index contributed by atoms with van der Waals surface area (Å²) in [5.41, 5.74) is 3.13. The van der Waals surface area contributed by atoms with Crippen LogP contribution in [-0.2, 0) is 22.4 Å². The first-order chi connectivity index (χ1) is 10.2. The van der Waals surface area contributed by atoms with Crippen molar-refractivity contribution >= 4 is 11.9 Å². The number of benzene rings is 1. The highest BCUT2D eigenvalue weighted by atomic mass is 16.5. The number of morpholine rings is 1. The van der Waals surface area contributed by atoms with Crippen LogP contribution in [-0.4, -0.2) is 47.7 Å². The maximum absolute atomic E-state index is 12.6. The molecule has 1 N–H and O–H groups in total. The van der Waals surface area contributed by atoms with Gasteiger partial charge >= 0.3 is 5.97 Å². The lowest BCUT2D eigenvalue weighted by atomic mass is 9.90. The van der Waals surface area contributed by atoms with Crippen molar-refractivity contribution < 1.29 is 19.4 Å². The lowest BCUT2D eigenvalue weighted by Gasteiger charge is -2.33. The van der Waals surface area contributed by atoms with Crippen molar-refractivity contribution in [2.24, 2.45) is 0 Å². The topological polar surface area (TPSA) is 66.8 Å². The number of amides is 1. The Labute approximate surface area is 123 Å². The number of carbonyl (C=O) groups excluding carboxylic acids is 1. The van der Waals surface area contributed by atoms with Crippen LogP contribution < -0.4 is 0 Å². The van der Waals surface area contributed by atoms with Gasteiger partial charge in [-0.3, -0.25) is 4.79 Å². The minimum atomic E-state index is -1.01. The third-order valence-electron chi connectivity index (χ3n) is 4.27. The standard InChI is InChI=1S/C16H19NO4/c18-15(17-7-8-21-10-14(17)16(19)20)13-6-5-11-3-1-2-4-12(11)9-13/h5-6,9,14H,1-4,7-8,10H2,(H,19,20). The summed E-state index contributed by atoms with van der Waals surface area (Å²) in [5.74, 6) is -1.22. The average molecular weight is 289 g/mol. The van der Waals surface area contributed by atoms with E-state index in [4.69, 9.17) is 4.74 Å². The summed E-state index contributed by atoms with van der Waals surface area (Å²) in [6, 6.07) is 4.88. The van der Waals surface area contributed by atoms with Gasteiger partial charge < -0.3 is 14.7 Å². The van der Waals surface area contributed by atoms with E-state index in [2.05, 4.69) is 0 Å². The van der Waals surface area contributed by atoms with Crippen LogP contribution in [0.5, 0.6) is 0 Å². The summed E-state index contributed by atoms with van der Waals surface area (Å²) < 4.78 is 5.18. The minimum absolute atomic E-state index is 0.0615. The molecule has 21 heavy (non-hydrogen) atoms. The second-order valence-corrected chi connectivity index (χ2v) is 5.62. The molecule has 5 heteroatoms. The van der Waals surface area contributed by atoms with Gasteiger partial charge in [0.2, 0.25) is 0 Å². The molecule has 1 atom stereocenters. The van der Waals surface area contributed by atoms with Crippen LogP contribution in [0, 0.1) is 0 Å². The van der Waals surface area contributed by atoms with Gasteiger partial charge in [-0.2, -0.15) is 0 Å². The Morgan fingerprint density at radius 2 is 1.95 bits per heavy atom. The summed E-state index contributed by atoms with van der Waals surface area (Å²) >= 11 is 0. The Balaban J connectivity index is 1.85. The highest BCUT2D eigenvalue weighted by Gasteiger charge is 2.33. The van der Waals surface area contributed by atoms with Gasteiger partial charge in [-0.05, 0) is 48.9 Å². The normalized spacial score (nSPS) is 21.7.